The fourth-order valence-corrected chi connectivity index (χ4v) is 1.24. The van der Waals surface area contributed by atoms with E-state index in [4.69, 9.17) is 4.42 Å². The molecule has 11 heavy (non-hydrogen) atoms. The minimum atomic E-state index is 0.981. The molecule has 1 heterocycles. The molecular formula is C10H9O. The van der Waals surface area contributed by atoms with Crippen LogP contribution >= 0.6 is 0 Å². The summed E-state index contributed by atoms with van der Waals surface area (Å²) >= 11 is 0. The van der Waals surface area contributed by atoms with E-state index in [1.54, 1.807) is 6.26 Å². The number of rotatable bonds is 1. The number of hydrogen-bond acceptors (Lipinski definition) is 1. The van der Waals surface area contributed by atoms with Gasteiger partial charge in [0.05, 0.1) is 6.26 Å². The Bertz CT molecular complexity index is 360. The first kappa shape index (κ1) is 6.47. The molecule has 1 radical (unpaired) electrons. The Morgan fingerprint density at radius 2 is 2.18 bits per heavy atom. The van der Waals surface area contributed by atoms with Crippen LogP contribution in [0.25, 0.3) is 11.0 Å². The predicted octanol–water partition coefficient (Wildman–Crippen LogP) is 3.01. The summed E-state index contributed by atoms with van der Waals surface area (Å²) in [5.74, 6) is 0. The fraction of sp³-hybridized carbons (Fsp3) is 0.100. The zero-order valence-electron chi connectivity index (χ0n) is 6.37. The van der Waals surface area contributed by atoms with Crippen LogP contribution in [0.4, 0.5) is 0 Å². The van der Waals surface area contributed by atoms with Crippen LogP contribution in [0, 0.1) is 6.42 Å². The third kappa shape index (κ3) is 0.929. The van der Waals surface area contributed by atoms with Gasteiger partial charge in [-0.05, 0) is 18.1 Å². The standard InChI is InChI=1S/C10H9O/c1-2-8-4-3-5-9-6-7-11-10(8)9/h2-7H,1H3. The van der Waals surface area contributed by atoms with Gasteiger partial charge in [-0.15, -0.1) is 0 Å². The van der Waals surface area contributed by atoms with Gasteiger partial charge >= 0.3 is 0 Å². The van der Waals surface area contributed by atoms with Gasteiger partial charge in [0.25, 0.3) is 0 Å². The maximum Gasteiger partial charge on any atom is 0.137 e. The second-order valence-electron chi connectivity index (χ2n) is 2.47. The van der Waals surface area contributed by atoms with Crippen molar-refractivity contribution in [3.05, 3.63) is 42.5 Å². The summed E-state index contributed by atoms with van der Waals surface area (Å²) < 4.78 is 5.31. The zero-order valence-corrected chi connectivity index (χ0v) is 6.37. The van der Waals surface area contributed by atoms with Crippen LogP contribution in [-0.2, 0) is 0 Å². The monoisotopic (exact) mass is 145 g/mol. The largest absolute Gasteiger partial charge is 0.464 e. The van der Waals surface area contributed by atoms with Crippen molar-refractivity contribution in [2.24, 2.45) is 0 Å². The third-order valence-electron chi connectivity index (χ3n) is 1.82. The lowest BCUT2D eigenvalue weighted by Gasteiger charge is -1.94. The Morgan fingerprint density at radius 3 is 3.00 bits per heavy atom. The molecule has 1 heteroatoms. The molecule has 0 unspecified atom stereocenters. The van der Waals surface area contributed by atoms with E-state index in [0.717, 1.165) is 11.1 Å². The van der Waals surface area contributed by atoms with E-state index in [9.17, 15) is 0 Å². The highest BCUT2D eigenvalue weighted by Crippen LogP contribution is 2.20. The molecule has 1 aromatic carbocycles. The Kier molecular flexibility index (Phi) is 1.42. The number of fused-ring (bicyclic) bond motifs is 1. The van der Waals surface area contributed by atoms with Gasteiger partial charge in [-0.2, -0.15) is 0 Å². The van der Waals surface area contributed by atoms with Crippen LogP contribution in [0.15, 0.2) is 34.9 Å². The zero-order chi connectivity index (χ0) is 7.68. The molecule has 0 aliphatic rings. The normalized spacial score (nSPS) is 10.6. The fourth-order valence-electron chi connectivity index (χ4n) is 1.24. The van der Waals surface area contributed by atoms with Gasteiger partial charge in [-0.3, -0.25) is 0 Å². The van der Waals surface area contributed by atoms with Crippen molar-refractivity contribution < 1.29 is 4.42 Å². The summed E-state index contributed by atoms with van der Waals surface area (Å²) in [7, 11) is 0. The van der Waals surface area contributed by atoms with Crippen molar-refractivity contribution in [2.75, 3.05) is 0 Å². The highest BCUT2D eigenvalue weighted by molar-refractivity contribution is 5.81. The van der Waals surface area contributed by atoms with Crippen LogP contribution in [0.1, 0.15) is 12.5 Å². The average molecular weight is 145 g/mol. The smallest absolute Gasteiger partial charge is 0.137 e. The third-order valence-corrected chi connectivity index (χ3v) is 1.82. The summed E-state index contributed by atoms with van der Waals surface area (Å²) in [4.78, 5) is 0. The quantitative estimate of drug-likeness (QED) is 0.601. The SMILES string of the molecule is C[CH]c1cccc2ccoc12. The summed E-state index contributed by atoms with van der Waals surface area (Å²) in [5, 5.41) is 1.17. The Labute approximate surface area is 65.6 Å². The van der Waals surface area contributed by atoms with E-state index in [2.05, 4.69) is 0 Å². The van der Waals surface area contributed by atoms with Crippen LogP contribution < -0.4 is 0 Å². The van der Waals surface area contributed by atoms with Crippen LogP contribution in [0.3, 0.4) is 0 Å². The van der Waals surface area contributed by atoms with Gasteiger partial charge in [0.1, 0.15) is 5.58 Å². The molecule has 0 saturated heterocycles. The molecule has 0 amide bonds. The maximum atomic E-state index is 5.31. The molecular weight excluding hydrogens is 136 g/mol. The lowest BCUT2D eigenvalue weighted by Crippen LogP contribution is -1.75. The lowest BCUT2D eigenvalue weighted by molar-refractivity contribution is 0.614. The van der Waals surface area contributed by atoms with Crippen LogP contribution in [-0.4, -0.2) is 0 Å². The second kappa shape index (κ2) is 2.42. The first-order valence-corrected chi connectivity index (χ1v) is 3.67. The Hall–Kier alpha value is -1.24. The van der Waals surface area contributed by atoms with Gasteiger partial charge in [-0.1, -0.05) is 25.1 Å². The lowest BCUT2D eigenvalue weighted by atomic mass is 10.1. The second-order valence-corrected chi connectivity index (χ2v) is 2.47. The molecule has 0 aliphatic carbocycles. The molecule has 55 valence electrons. The van der Waals surface area contributed by atoms with Crippen molar-refractivity contribution in [2.45, 2.75) is 6.92 Å². The van der Waals surface area contributed by atoms with E-state index in [-0.39, 0.29) is 0 Å². The molecule has 1 nitrogen and oxygen atoms in total. The van der Waals surface area contributed by atoms with E-state index in [1.807, 2.05) is 37.6 Å². The topological polar surface area (TPSA) is 13.1 Å². The first-order chi connectivity index (χ1) is 5.42. The van der Waals surface area contributed by atoms with Crippen molar-refractivity contribution in [3.8, 4) is 0 Å². The minimum absolute atomic E-state index is 0.981. The Balaban J connectivity index is 2.79. The average Bonchev–Trinajstić information content (AvgIpc) is 2.50. The number of benzene rings is 1. The van der Waals surface area contributed by atoms with E-state index < -0.39 is 0 Å². The minimum Gasteiger partial charge on any atom is -0.464 e. The van der Waals surface area contributed by atoms with Crippen molar-refractivity contribution in [3.63, 3.8) is 0 Å². The molecule has 0 bridgehead atoms. The Morgan fingerprint density at radius 1 is 1.27 bits per heavy atom. The molecule has 2 aromatic rings. The molecule has 0 saturated carbocycles. The first-order valence-electron chi connectivity index (χ1n) is 3.67. The maximum absolute atomic E-state index is 5.31. The molecule has 2 rings (SSSR count). The van der Waals surface area contributed by atoms with Crippen molar-refractivity contribution in [1.82, 2.24) is 0 Å². The highest BCUT2D eigenvalue weighted by atomic mass is 16.3. The van der Waals surface area contributed by atoms with Gasteiger partial charge < -0.3 is 4.42 Å². The molecule has 0 atom stereocenters. The van der Waals surface area contributed by atoms with Crippen molar-refractivity contribution in [1.29, 1.82) is 0 Å². The van der Waals surface area contributed by atoms with Crippen molar-refractivity contribution >= 4 is 11.0 Å². The molecule has 0 fully saturated rings. The number of furan rings is 1. The predicted molar refractivity (Wildman–Crippen MR) is 45.3 cm³/mol. The van der Waals surface area contributed by atoms with Crippen LogP contribution in [0.5, 0.6) is 0 Å². The van der Waals surface area contributed by atoms with Crippen LogP contribution in [0.2, 0.25) is 0 Å². The molecule has 0 N–H and O–H groups in total. The summed E-state index contributed by atoms with van der Waals surface area (Å²) in [6.45, 7) is 2.01. The van der Waals surface area contributed by atoms with Gasteiger partial charge in [0, 0.05) is 5.39 Å². The summed E-state index contributed by atoms with van der Waals surface area (Å²) in [6.07, 6.45) is 3.77. The van der Waals surface area contributed by atoms with E-state index in [1.165, 1.54) is 5.39 Å². The molecule has 0 spiro atoms. The van der Waals surface area contributed by atoms with Gasteiger partial charge in [0.2, 0.25) is 0 Å². The molecule has 0 aliphatic heterocycles. The van der Waals surface area contributed by atoms with E-state index in [0.29, 0.717) is 0 Å². The van der Waals surface area contributed by atoms with E-state index >= 15 is 0 Å². The molecule has 1 aromatic heterocycles. The number of para-hydroxylation sites is 1. The summed E-state index contributed by atoms with van der Waals surface area (Å²) in [6, 6.07) is 8.10. The van der Waals surface area contributed by atoms with Gasteiger partial charge in [-0.25, -0.2) is 0 Å². The highest BCUT2D eigenvalue weighted by Gasteiger charge is 1.99. The summed E-state index contributed by atoms with van der Waals surface area (Å²) in [5.41, 5.74) is 2.14. The van der Waals surface area contributed by atoms with Gasteiger partial charge in [0.15, 0.2) is 0 Å². The number of hydrogen-bond donors (Lipinski definition) is 0.